The summed E-state index contributed by atoms with van der Waals surface area (Å²) in [6.45, 7) is 2.35. The second-order valence-corrected chi connectivity index (χ2v) is 2.03. The number of nitrogens with one attached hydrogen (secondary N) is 1. The first-order valence-corrected chi connectivity index (χ1v) is 3.42. The second-order valence-electron chi connectivity index (χ2n) is 2.03. The van der Waals surface area contributed by atoms with Crippen molar-refractivity contribution in [1.29, 1.82) is 0 Å². The Morgan fingerprint density at radius 2 is 2.08 bits per heavy atom. The Bertz CT molecular complexity index is 212. The lowest BCUT2D eigenvalue weighted by molar-refractivity contribution is -0.0595. The van der Waals surface area contributed by atoms with Crippen LogP contribution in [0.5, 0.6) is 0 Å². The minimum Gasteiger partial charge on any atom is -0.449 e. The molecular weight excluding hydrogens is 189 g/mol. The Labute approximate surface area is 72.8 Å². The van der Waals surface area contributed by atoms with Crippen LogP contribution in [0.1, 0.15) is 13.8 Å². The summed E-state index contributed by atoms with van der Waals surface area (Å²) in [4.78, 5) is 10.5. The van der Waals surface area contributed by atoms with E-state index in [0.717, 1.165) is 6.92 Å². The molecule has 0 unspecified atom stereocenters. The van der Waals surface area contributed by atoms with Gasteiger partial charge in [-0.25, -0.2) is 10.2 Å². The Kier molecular flexibility index (Phi) is 4.22. The molecule has 0 aliphatic rings. The van der Waals surface area contributed by atoms with Crippen molar-refractivity contribution >= 4 is 11.8 Å². The molecule has 76 valence electrons. The Morgan fingerprint density at radius 3 is 2.46 bits per heavy atom. The molecule has 4 nitrogen and oxygen atoms in total. The smallest absolute Gasteiger partial charge is 0.430 e. The third-order valence-corrected chi connectivity index (χ3v) is 1.00. The predicted molar refractivity (Wildman–Crippen MR) is 39.3 cm³/mol. The van der Waals surface area contributed by atoms with Gasteiger partial charge in [0.2, 0.25) is 0 Å². The number of alkyl halides is 3. The van der Waals surface area contributed by atoms with Gasteiger partial charge in [0.05, 0.1) is 6.61 Å². The van der Waals surface area contributed by atoms with Gasteiger partial charge in [-0.1, -0.05) is 0 Å². The number of hydrogen-bond acceptors (Lipinski definition) is 3. The lowest BCUT2D eigenvalue weighted by atomic mass is 10.4. The maximum Gasteiger partial charge on any atom is 0.430 e. The van der Waals surface area contributed by atoms with E-state index in [1.807, 2.05) is 0 Å². The summed E-state index contributed by atoms with van der Waals surface area (Å²) in [5, 5.41) is 2.78. The van der Waals surface area contributed by atoms with Crippen LogP contribution in [-0.2, 0) is 4.74 Å². The molecule has 0 atom stereocenters. The van der Waals surface area contributed by atoms with Crippen LogP contribution in [0.25, 0.3) is 0 Å². The van der Waals surface area contributed by atoms with Crippen LogP contribution in [0.4, 0.5) is 18.0 Å². The van der Waals surface area contributed by atoms with Crippen molar-refractivity contribution < 1.29 is 22.7 Å². The minimum atomic E-state index is -4.53. The number of nitrogens with zero attached hydrogens (tertiary/aromatic N) is 1. The monoisotopic (exact) mass is 198 g/mol. The Morgan fingerprint density at radius 1 is 1.54 bits per heavy atom. The van der Waals surface area contributed by atoms with E-state index in [0.29, 0.717) is 0 Å². The largest absolute Gasteiger partial charge is 0.449 e. The quantitative estimate of drug-likeness (QED) is 0.542. The highest BCUT2D eigenvalue weighted by atomic mass is 19.4. The molecule has 0 saturated carbocycles. The standard InChI is InChI=1S/C6H9F3N2O2/c1-3-13-5(12)11-10-4(2)6(7,8)9/h3H2,1-2H3,(H,11,12)/b10-4+. The number of rotatable bonds is 2. The molecule has 0 heterocycles. The van der Waals surface area contributed by atoms with Crippen molar-refractivity contribution in [3.63, 3.8) is 0 Å². The van der Waals surface area contributed by atoms with Crippen molar-refractivity contribution in [2.45, 2.75) is 20.0 Å². The lowest BCUT2D eigenvalue weighted by Crippen LogP contribution is -2.26. The highest BCUT2D eigenvalue weighted by Crippen LogP contribution is 2.16. The molecular formula is C6H9F3N2O2. The van der Waals surface area contributed by atoms with E-state index in [1.54, 1.807) is 5.43 Å². The fourth-order valence-electron chi connectivity index (χ4n) is 0.356. The second kappa shape index (κ2) is 4.68. The Balaban J connectivity index is 4.05. The summed E-state index contributed by atoms with van der Waals surface area (Å²) in [6.07, 6.45) is -5.54. The van der Waals surface area contributed by atoms with Crippen LogP contribution < -0.4 is 5.43 Å². The summed E-state index contributed by atoms with van der Waals surface area (Å²) in [5.74, 6) is 0. The third-order valence-electron chi connectivity index (χ3n) is 1.00. The topological polar surface area (TPSA) is 50.7 Å². The van der Waals surface area contributed by atoms with Crippen molar-refractivity contribution in [2.75, 3.05) is 6.61 Å². The zero-order valence-corrected chi connectivity index (χ0v) is 7.10. The maximum absolute atomic E-state index is 11.8. The molecule has 0 aromatic carbocycles. The van der Waals surface area contributed by atoms with Crippen molar-refractivity contribution in [1.82, 2.24) is 5.43 Å². The van der Waals surface area contributed by atoms with Gasteiger partial charge >= 0.3 is 12.3 Å². The fourth-order valence-corrected chi connectivity index (χ4v) is 0.356. The number of halogens is 3. The molecule has 0 aliphatic carbocycles. The summed E-state index contributed by atoms with van der Waals surface area (Å²) in [7, 11) is 0. The number of carbonyl (C=O) groups excluding carboxylic acids is 1. The molecule has 0 aromatic rings. The van der Waals surface area contributed by atoms with Crippen molar-refractivity contribution in [3.05, 3.63) is 0 Å². The van der Waals surface area contributed by atoms with Gasteiger partial charge in [-0.2, -0.15) is 18.3 Å². The number of ether oxygens (including phenoxy) is 1. The number of hydrazone groups is 1. The minimum absolute atomic E-state index is 0.0758. The number of carbonyl (C=O) groups is 1. The van der Waals surface area contributed by atoms with Gasteiger partial charge in [0.1, 0.15) is 5.71 Å². The summed E-state index contributed by atoms with van der Waals surface area (Å²) >= 11 is 0. The van der Waals surface area contributed by atoms with Crippen LogP contribution in [0.3, 0.4) is 0 Å². The van der Waals surface area contributed by atoms with Crippen molar-refractivity contribution in [3.8, 4) is 0 Å². The van der Waals surface area contributed by atoms with Crippen LogP contribution in [-0.4, -0.2) is 24.6 Å². The van der Waals surface area contributed by atoms with E-state index in [2.05, 4.69) is 9.84 Å². The molecule has 7 heteroatoms. The maximum atomic E-state index is 11.8. The first-order valence-electron chi connectivity index (χ1n) is 3.42. The average Bonchev–Trinajstić information content (AvgIpc) is 1.99. The predicted octanol–water partition coefficient (Wildman–Crippen LogP) is 1.67. The Hall–Kier alpha value is -1.27. The highest BCUT2D eigenvalue weighted by molar-refractivity contribution is 5.88. The molecule has 0 fully saturated rings. The van der Waals surface area contributed by atoms with Gasteiger partial charge < -0.3 is 4.74 Å². The molecule has 0 aromatic heterocycles. The third kappa shape index (κ3) is 5.05. The van der Waals surface area contributed by atoms with E-state index in [9.17, 15) is 18.0 Å². The van der Waals surface area contributed by atoms with Crippen LogP contribution in [0, 0.1) is 0 Å². The summed E-state index contributed by atoms with van der Waals surface area (Å²) in [5.41, 5.74) is 0.458. The molecule has 0 aliphatic heterocycles. The first kappa shape index (κ1) is 11.7. The van der Waals surface area contributed by atoms with E-state index >= 15 is 0 Å². The van der Waals surface area contributed by atoms with Crippen molar-refractivity contribution in [2.24, 2.45) is 5.10 Å². The average molecular weight is 198 g/mol. The molecule has 1 amide bonds. The van der Waals surface area contributed by atoms with E-state index in [1.165, 1.54) is 6.92 Å². The fraction of sp³-hybridized carbons (Fsp3) is 0.667. The van der Waals surface area contributed by atoms with E-state index < -0.39 is 18.0 Å². The number of amides is 1. The normalized spacial score (nSPS) is 12.5. The summed E-state index contributed by atoms with van der Waals surface area (Å²) < 4.78 is 39.6. The first-order chi connectivity index (χ1) is 5.88. The zero-order chi connectivity index (χ0) is 10.5. The molecule has 0 saturated heterocycles. The van der Waals surface area contributed by atoms with Crippen LogP contribution >= 0.6 is 0 Å². The molecule has 0 bridgehead atoms. The lowest BCUT2D eigenvalue weighted by Gasteiger charge is -2.05. The van der Waals surface area contributed by atoms with Crippen LogP contribution in [0.15, 0.2) is 5.10 Å². The zero-order valence-electron chi connectivity index (χ0n) is 7.10. The van der Waals surface area contributed by atoms with Crippen LogP contribution in [0.2, 0.25) is 0 Å². The van der Waals surface area contributed by atoms with E-state index in [-0.39, 0.29) is 6.61 Å². The number of hydrogen-bond donors (Lipinski definition) is 1. The summed E-state index contributed by atoms with van der Waals surface area (Å²) in [6, 6.07) is 0. The molecule has 1 N–H and O–H groups in total. The van der Waals surface area contributed by atoms with Gasteiger partial charge in [-0.3, -0.25) is 0 Å². The van der Waals surface area contributed by atoms with Gasteiger partial charge in [-0.05, 0) is 13.8 Å². The molecule has 0 rings (SSSR count). The molecule has 0 spiro atoms. The van der Waals surface area contributed by atoms with Gasteiger partial charge in [0.25, 0.3) is 0 Å². The van der Waals surface area contributed by atoms with Gasteiger partial charge in [-0.15, -0.1) is 0 Å². The van der Waals surface area contributed by atoms with E-state index in [4.69, 9.17) is 0 Å². The van der Waals surface area contributed by atoms with Gasteiger partial charge in [0.15, 0.2) is 0 Å². The SMILES string of the molecule is CCOC(=O)N/N=C(\C)C(F)(F)F. The molecule has 13 heavy (non-hydrogen) atoms. The van der Waals surface area contributed by atoms with Gasteiger partial charge in [0, 0.05) is 0 Å². The molecule has 0 radical (unpaired) electrons. The highest BCUT2D eigenvalue weighted by Gasteiger charge is 2.32.